The zero-order valence-corrected chi connectivity index (χ0v) is 11.8. The predicted molar refractivity (Wildman–Crippen MR) is 77.1 cm³/mol. The van der Waals surface area contributed by atoms with Gasteiger partial charge in [0.2, 0.25) is 0 Å². The first-order valence-electron chi connectivity index (χ1n) is 5.66. The maximum absolute atomic E-state index is 10.9. The number of hydrogen-bond donors (Lipinski definition) is 1. The second-order valence-electron chi connectivity index (χ2n) is 4.06. The van der Waals surface area contributed by atoms with Crippen molar-refractivity contribution in [2.24, 2.45) is 0 Å². The van der Waals surface area contributed by atoms with Gasteiger partial charge >= 0.3 is 0 Å². The number of anilines is 1. The van der Waals surface area contributed by atoms with Crippen LogP contribution in [0.1, 0.15) is 11.3 Å². The number of aromatic nitrogens is 1. The molecule has 0 saturated heterocycles. The van der Waals surface area contributed by atoms with Gasteiger partial charge < -0.3 is 5.32 Å². The number of rotatable bonds is 4. The maximum Gasteiger partial charge on any atom is 0.274 e. The van der Waals surface area contributed by atoms with Crippen molar-refractivity contribution in [3.05, 3.63) is 62.4 Å². The van der Waals surface area contributed by atoms with Crippen molar-refractivity contribution >= 4 is 27.3 Å². The van der Waals surface area contributed by atoms with E-state index in [9.17, 15) is 10.1 Å². The molecule has 2 rings (SSSR count). The molecule has 6 heteroatoms. The minimum atomic E-state index is -0.377. The van der Waals surface area contributed by atoms with Crippen LogP contribution >= 0.6 is 15.9 Å². The van der Waals surface area contributed by atoms with E-state index < -0.39 is 0 Å². The molecule has 1 N–H and O–H groups in total. The fourth-order valence-corrected chi connectivity index (χ4v) is 2.04. The molecule has 5 nitrogen and oxygen atoms in total. The highest BCUT2D eigenvalue weighted by Gasteiger charge is 2.10. The van der Waals surface area contributed by atoms with Crippen molar-refractivity contribution in [3.8, 4) is 0 Å². The average molecular weight is 322 g/mol. The van der Waals surface area contributed by atoms with Crippen LogP contribution in [0.2, 0.25) is 0 Å². The van der Waals surface area contributed by atoms with Gasteiger partial charge in [-0.2, -0.15) is 0 Å². The van der Waals surface area contributed by atoms with Crippen LogP contribution in [0.5, 0.6) is 0 Å². The lowest BCUT2D eigenvalue weighted by Gasteiger charge is -2.07. The van der Waals surface area contributed by atoms with Crippen molar-refractivity contribution in [1.29, 1.82) is 0 Å². The normalized spacial score (nSPS) is 10.2. The Hall–Kier alpha value is -1.95. The molecule has 0 aliphatic rings. The molecule has 1 aromatic carbocycles. The zero-order chi connectivity index (χ0) is 13.8. The molecule has 2 aromatic rings. The molecule has 0 fully saturated rings. The first-order chi connectivity index (χ1) is 9.06. The molecule has 0 aliphatic heterocycles. The van der Waals surface area contributed by atoms with Gasteiger partial charge in [0.25, 0.3) is 5.69 Å². The summed E-state index contributed by atoms with van der Waals surface area (Å²) in [6.07, 6.45) is 0. The Morgan fingerprint density at radius 1 is 1.37 bits per heavy atom. The van der Waals surface area contributed by atoms with Crippen LogP contribution in [0.15, 0.2) is 41.0 Å². The quantitative estimate of drug-likeness (QED) is 0.530. The summed E-state index contributed by atoms with van der Waals surface area (Å²) < 4.78 is 0.765. The Kier molecular flexibility index (Phi) is 4.11. The van der Waals surface area contributed by atoms with Crippen LogP contribution in [0.4, 0.5) is 11.4 Å². The van der Waals surface area contributed by atoms with Crippen molar-refractivity contribution in [2.75, 3.05) is 5.32 Å². The fraction of sp³-hybridized carbons (Fsp3) is 0.154. The highest BCUT2D eigenvalue weighted by Crippen LogP contribution is 2.22. The summed E-state index contributed by atoms with van der Waals surface area (Å²) in [5, 5.41) is 14.0. The van der Waals surface area contributed by atoms with E-state index in [-0.39, 0.29) is 10.6 Å². The van der Waals surface area contributed by atoms with E-state index in [4.69, 9.17) is 0 Å². The predicted octanol–water partition coefficient (Wildman–Crippen LogP) is 3.67. The lowest BCUT2D eigenvalue weighted by molar-refractivity contribution is -0.385. The molecule has 0 spiro atoms. The molecule has 0 radical (unpaired) electrons. The van der Waals surface area contributed by atoms with Gasteiger partial charge in [-0.15, -0.1) is 0 Å². The summed E-state index contributed by atoms with van der Waals surface area (Å²) in [4.78, 5) is 14.8. The molecular weight excluding hydrogens is 310 g/mol. The number of hydrogen-bond acceptors (Lipinski definition) is 4. The third kappa shape index (κ3) is 3.51. The molecule has 0 atom stereocenters. The maximum atomic E-state index is 10.9. The van der Waals surface area contributed by atoms with Crippen LogP contribution in [-0.2, 0) is 6.54 Å². The van der Waals surface area contributed by atoms with E-state index in [0.717, 1.165) is 10.3 Å². The van der Waals surface area contributed by atoms with E-state index in [1.807, 2.05) is 24.3 Å². The molecule has 1 aromatic heterocycles. The van der Waals surface area contributed by atoms with E-state index in [0.29, 0.717) is 17.8 Å². The van der Waals surface area contributed by atoms with Crippen LogP contribution < -0.4 is 5.32 Å². The van der Waals surface area contributed by atoms with Crippen molar-refractivity contribution < 1.29 is 4.92 Å². The Bertz CT molecular complexity index is 617. The first kappa shape index (κ1) is 13.5. The van der Waals surface area contributed by atoms with E-state index in [2.05, 4.69) is 26.2 Å². The molecule has 1 heterocycles. The largest absolute Gasteiger partial charge is 0.379 e. The Morgan fingerprint density at radius 2 is 2.16 bits per heavy atom. The van der Waals surface area contributed by atoms with Crippen molar-refractivity contribution in [3.63, 3.8) is 0 Å². The number of pyridine rings is 1. The van der Waals surface area contributed by atoms with Crippen LogP contribution in [0.3, 0.4) is 0 Å². The Balaban J connectivity index is 2.12. The molecule has 0 unspecified atom stereocenters. The van der Waals surface area contributed by atoms with Gasteiger partial charge in [0.05, 0.1) is 17.2 Å². The van der Waals surface area contributed by atoms with Gasteiger partial charge in [-0.25, -0.2) is 4.98 Å². The van der Waals surface area contributed by atoms with Gasteiger partial charge in [-0.1, -0.05) is 12.1 Å². The van der Waals surface area contributed by atoms with E-state index in [1.165, 1.54) is 6.07 Å². The number of nitrogens with zero attached hydrogens (tertiary/aromatic N) is 2. The number of nitrogens with one attached hydrogen (secondary N) is 1. The summed E-state index contributed by atoms with van der Waals surface area (Å²) in [6.45, 7) is 2.23. The monoisotopic (exact) mass is 321 g/mol. The Morgan fingerprint density at radius 3 is 2.84 bits per heavy atom. The number of halogens is 1. The second-order valence-corrected chi connectivity index (χ2v) is 4.88. The second kappa shape index (κ2) is 5.79. The van der Waals surface area contributed by atoms with Crippen LogP contribution in [0.25, 0.3) is 0 Å². The number of aryl methyl sites for hydroxylation is 1. The summed E-state index contributed by atoms with van der Waals surface area (Å²) in [5.74, 6) is 0. The lowest BCUT2D eigenvalue weighted by atomic mass is 10.2. The van der Waals surface area contributed by atoms with Gasteiger partial charge in [0, 0.05) is 17.3 Å². The van der Waals surface area contributed by atoms with Gasteiger partial charge in [0.15, 0.2) is 0 Å². The third-order valence-electron chi connectivity index (χ3n) is 2.65. The lowest BCUT2D eigenvalue weighted by Crippen LogP contribution is -2.02. The van der Waals surface area contributed by atoms with E-state index >= 15 is 0 Å². The van der Waals surface area contributed by atoms with Crippen molar-refractivity contribution in [1.82, 2.24) is 4.98 Å². The molecule has 0 aliphatic carbocycles. The first-order valence-corrected chi connectivity index (χ1v) is 6.46. The van der Waals surface area contributed by atoms with Crippen LogP contribution in [0, 0.1) is 17.0 Å². The van der Waals surface area contributed by atoms with Gasteiger partial charge in [-0.3, -0.25) is 10.1 Å². The fourth-order valence-electron chi connectivity index (χ4n) is 1.66. The highest BCUT2D eigenvalue weighted by atomic mass is 79.9. The topological polar surface area (TPSA) is 68.1 Å². The molecule has 0 saturated carbocycles. The number of nitro benzene ring substituents is 1. The molecule has 0 bridgehead atoms. The van der Waals surface area contributed by atoms with Crippen LogP contribution in [-0.4, -0.2) is 9.91 Å². The summed E-state index contributed by atoms with van der Waals surface area (Å²) in [6, 6.07) is 10.7. The highest BCUT2D eigenvalue weighted by molar-refractivity contribution is 9.10. The van der Waals surface area contributed by atoms with Gasteiger partial charge in [-0.05, 0) is 41.1 Å². The van der Waals surface area contributed by atoms with Gasteiger partial charge in [0.1, 0.15) is 4.60 Å². The standard InChI is InChI=1S/C13H12BrN3O2/c1-9-5-6-10(7-12(9)17(18)19)15-8-11-3-2-4-13(14)16-11/h2-7,15H,8H2,1H3. The molecule has 19 heavy (non-hydrogen) atoms. The smallest absolute Gasteiger partial charge is 0.274 e. The minimum absolute atomic E-state index is 0.118. The molecule has 0 amide bonds. The molecular formula is C13H12BrN3O2. The molecule has 98 valence electrons. The number of benzene rings is 1. The van der Waals surface area contributed by atoms with Crippen molar-refractivity contribution in [2.45, 2.75) is 13.5 Å². The summed E-state index contributed by atoms with van der Waals surface area (Å²) in [7, 11) is 0. The summed E-state index contributed by atoms with van der Waals surface area (Å²) in [5.41, 5.74) is 2.33. The third-order valence-corrected chi connectivity index (χ3v) is 3.09. The minimum Gasteiger partial charge on any atom is -0.379 e. The SMILES string of the molecule is Cc1ccc(NCc2cccc(Br)n2)cc1[N+](=O)[O-]. The Labute approximate surface area is 119 Å². The number of nitro groups is 1. The van der Waals surface area contributed by atoms with E-state index in [1.54, 1.807) is 13.0 Å². The average Bonchev–Trinajstić information content (AvgIpc) is 2.37. The zero-order valence-electron chi connectivity index (χ0n) is 10.3. The summed E-state index contributed by atoms with van der Waals surface area (Å²) >= 11 is 3.30.